The third kappa shape index (κ3) is 4.93. The van der Waals surface area contributed by atoms with Crippen LogP contribution in [-0.2, 0) is 0 Å². The summed E-state index contributed by atoms with van der Waals surface area (Å²) >= 11 is 0. The number of H-pyrrole nitrogens is 1. The molecule has 0 atom stereocenters. The van der Waals surface area contributed by atoms with Crippen molar-refractivity contribution in [3.8, 4) is 0 Å². The number of guanidine groups is 1. The number of fused-ring (bicyclic) bond motifs is 1. The van der Waals surface area contributed by atoms with Crippen LogP contribution in [0.1, 0.15) is 16.8 Å². The molecule has 0 aliphatic rings. The minimum atomic E-state index is -0.366. The van der Waals surface area contributed by atoms with Gasteiger partial charge in [0, 0.05) is 23.6 Å². The predicted molar refractivity (Wildman–Crippen MR) is 90.4 cm³/mol. The fourth-order valence-electron chi connectivity index (χ4n) is 1.78. The number of nitrogens with one attached hydrogen (secondary N) is 2. The number of halogens is 2. The molecule has 2 rings (SSSR count). The van der Waals surface area contributed by atoms with E-state index in [4.69, 9.17) is 11.5 Å². The summed E-state index contributed by atoms with van der Waals surface area (Å²) < 4.78 is 0. The molecule has 8 heteroatoms. The highest BCUT2D eigenvalue weighted by Gasteiger charge is 2.11. The zero-order valence-corrected chi connectivity index (χ0v) is 13.0. The minimum Gasteiger partial charge on any atom is -0.370 e. The second-order valence-electron chi connectivity index (χ2n) is 4.12. The Bertz CT molecular complexity index is 611. The molecule has 6 N–H and O–H groups in total. The van der Waals surface area contributed by atoms with Crippen molar-refractivity contribution in [3.05, 3.63) is 36.0 Å². The van der Waals surface area contributed by atoms with E-state index in [0.717, 1.165) is 17.3 Å². The lowest BCUT2D eigenvalue weighted by Gasteiger charge is -2.03. The second kappa shape index (κ2) is 9.23. The highest BCUT2D eigenvalue weighted by molar-refractivity contribution is 6.10. The molecule has 1 aromatic heterocycles. The van der Waals surface area contributed by atoms with Gasteiger partial charge in [-0.05, 0) is 19.0 Å². The minimum absolute atomic E-state index is 0. The summed E-state index contributed by atoms with van der Waals surface area (Å²) in [5.74, 6) is -0.251. The molecule has 0 fully saturated rings. The van der Waals surface area contributed by atoms with E-state index in [1.54, 1.807) is 6.20 Å². The largest absolute Gasteiger partial charge is 0.370 e. The van der Waals surface area contributed by atoms with Gasteiger partial charge < -0.3 is 21.8 Å². The molecule has 0 saturated carbocycles. The second-order valence-corrected chi connectivity index (χ2v) is 4.12. The molecule has 0 aliphatic heterocycles. The number of amides is 1. The van der Waals surface area contributed by atoms with Gasteiger partial charge in [-0.1, -0.05) is 18.2 Å². The van der Waals surface area contributed by atoms with Crippen LogP contribution in [0.25, 0.3) is 10.9 Å². The predicted octanol–water partition coefficient (Wildman–Crippen LogP) is 1.40. The van der Waals surface area contributed by atoms with Crippen LogP contribution in [0.3, 0.4) is 0 Å². The van der Waals surface area contributed by atoms with E-state index in [1.807, 2.05) is 24.3 Å². The summed E-state index contributed by atoms with van der Waals surface area (Å²) in [6.07, 6.45) is 2.42. The Morgan fingerprint density at radius 2 is 2.00 bits per heavy atom. The van der Waals surface area contributed by atoms with E-state index in [0.29, 0.717) is 18.7 Å². The van der Waals surface area contributed by atoms with Crippen molar-refractivity contribution in [1.29, 1.82) is 0 Å². The Hall–Kier alpha value is -1.76. The van der Waals surface area contributed by atoms with Crippen LogP contribution < -0.4 is 16.8 Å². The summed E-state index contributed by atoms with van der Waals surface area (Å²) in [4.78, 5) is 18.9. The Labute approximate surface area is 135 Å². The van der Waals surface area contributed by atoms with E-state index in [1.165, 1.54) is 0 Å². The lowest BCUT2D eigenvalue weighted by molar-refractivity contribution is 0.100. The lowest BCUT2D eigenvalue weighted by atomic mass is 10.2. The summed E-state index contributed by atoms with van der Waals surface area (Å²) in [5, 5.41) is 3.68. The summed E-state index contributed by atoms with van der Waals surface area (Å²) in [6.45, 7) is 1.17. The maximum absolute atomic E-state index is 12.0. The molecule has 0 saturated heterocycles. The van der Waals surface area contributed by atoms with Gasteiger partial charge >= 0.3 is 0 Å². The Morgan fingerprint density at radius 1 is 1.29 bits per heavy atom. The van der Waals surface area contributed by atoms with Crippen molar-refractivity contribution >= 4 is 47.6 Å². The first-order valence-electron chi connectivity index (χ1n) is 6.11. The van der Waals surface area contributed by atoms with E-state index in [2.05, 4.69) is 15.3 Å². The number of hydrogen-bond acceptors (Lipinski definition) is 2. The monoisotopic (exact) mass is 331 g/mol. The van der Waals surface area contributed by atoms with Crippen LogP contribution in [0.2, 0.25) is 0 Å². The van der Waals surface area contributed by atoms with Crippen LogP contribution >= 0.6 is 24.8 Å². The van der Waals surface area contributed by atoms with Gasteiger partial charge in [-0.2, -0.15) is 4.99 Å². The van der Waals surface area contributed by atoms with Gasteiger partial charge in [0.1, 0.15) is 0 Å². The number of aromatic amines is 1. The number of aromatic nitrogens is 1. The Kier molecular flexibility index (Phi) is 8.45. The number of nitrogens with zero attached hydrogens (tertiary/aromatic N) is 1. The van der Waals surface area contributed by atoms with E-state index in [9.17, 15) is 4.79 Å². The number of para-hydroxylation sites is 1. The zero-order valence-electron chi connectivity index (χ0n) is 11.3. The summed E-state index contributed by atoms with van der Waals surface area (Å²) in [5.41, 5.74) is 12.4. The lowest BCUT2D eigenvalue weighted by Crippen LogP contribution is -2.33. The fourth-order valence-corrected chi connectivity index (χ4v) is 1.78. The summed E-state index contributed by atoms with van der Waals surface area (Å²) in [6, 6.07) is 7.55. The number of carbonyl (C=O) groups excluding carboxylic acids is 1. The van der Waals surface area contributed by atoms with E-state index < -0.39 is 0 Å². The molecule has 0 spiro atoms. The maximum Gasteiger partial charge on any atom is 0.282 e. The van der Waals surface area contributed by atoms with Crippen LogP contribution in [0.15, 0.2) is 35.5 Å². The standard InChI is InChI=1S/C13H17N5O.2ClH/c14-6-3-7-16-13(15)18-12(19)10-8-17-11-5-2-1-4-9(10)11;;/h1-2,4-5,8,17H,3,6-7,14H2,(H3,15,16,18,19);2*1H. The molecule has 1 amide bonds. The summed E-state index contributed by atoms with van der Waals surface area (Å²) in [7, 11) is 0. The van der Waals surface area contributed by atoms with Crippen LogP contribution in [0.5, 0.6) is 0 Å². The first-order valence-corrected chi connectivity index (χ1v) is 6.11. The van der Waals surface area contributed by atoms with E-state index in [-0.39, 0.29) is 36.7 Å². The van der Waals surface area contributed by atoms with Gasteiger partial charge in [-0.25, -0.2) is 0 Å². The number of rotatable bonds is 4. The molecule has 0 radical (unpaired) electrons. The third-order valence-electron chi connectivity index (χ3n) is 2.73. The molecule has 21 heavy (non-hydrogen) atoms. The number of aliphatic imine (C=N–C) groups is 1. The van der Waals surface area contributed by atoms with Gasteiger partial charge in [-0.3, -0.25) is 4.79 Å². The van der Waals surface area contributed by atoms with Gasteiger partial charge in [-0.15, -0.1) is 24.8 Å². The highest BCUT2D eigenvalue weighted by Crippen LogP contribution is 2.18. The Morgan fingerprint density at radius 3 is 2.71 bits per heavy atom. The maximum atomic E-state index is 12.0. The van der Waals surface area contributed by atoms with Gasteiger partial charge in [0.05, 0.1) is 5.56 Å². The Balaban J connectivity index is 0.00000200. The molecular formula is C13H19Cl2N5O. The van der Waals surface area contributed by atoms with Crippen molar-refractivity contribution in [2.24, 2.45) is 16.5 Å². The molecule has 6 nitrogen and oxygen atoms in total. The number of hydrogen-bond donors (Lipinski definition) is 4. The van der Waals surface area contributed by atoms with Crippen molar-refractivity contribution < 1.29 is 4.79 Å². The first-order chi connectivity index (χ1) is 9.22. The molecule has 0 bridgehead atoms. The van der Waals surface area contributed by atoms with Crippen molar-refractivity contribution in [1.82, 2.24) is 10.3 Å². The number of carbonyl (C=O) groups is 1. The molecule has 1 aromatic carbocycles. The molecule has 1 heterocycles. The molecule has 0 aliphatic carbocycles. The van der Waals surface area contributed by atoms with Crippen molar-refractivity contribution in [2.45, 2.75) is 6.42 Å². The SMILES string of the molecule is Cl.Cl.NCCCNC(N)=NC(=O)c1c[nH]c2ccccc12. The average molecular weight is 332 g/mol. The smallest absolute Gasteiger partial charge is 0.282 e. The molecular weight excluding hydrogens is 313 g/mol. The fraction of sp³-hybridized carbons (Fsp3) is 0.231. The molecule has 116 valence electrons. The zero-order chi connectivity index (χ0) is 13.7. The van der Waals surface area contributed by atoms with Crippen LogP contribution in [0, 0.1) is 0 Å². The van der Waals surface area contributed by atoms with Crippen molar-refractivity contribution in [2.75, 3.05) is 13.1 Å². The van der Waals surface area contributed by atoms with Crippen LogP contribution in [0.4, 0.5) is 0 Å². The highest BCUT2D eigenvalue weighted by atomic mass is 35.5. The third-order valence-corrected chi connectivity index (χ3v) is 2.73. The van der Waals surface area contributed by atoms with Gasteiger partial charge in [0.25, 0.3) is 5.91 Å². The number of nitrogens with two attached hydrogens (primary N) is 2. The van der Waals surface area contributed by atoms with Gasteiger partial charge in [0.2, 0.25) is 0 Å². The molecule has 0 unspecified atom stereocenters. The molecule has 2 aromatic rings. The quantitative estimate of drug-likeness (QED) is 0.385. The van der Waals surface area contributed by atoms with E-state index >= 15 is 0 Å². The first kappa shape index (κ1) is 19.2. The van der Waals surface area contributed by atoms with Crippen molar-refractivity contribution in [3.63, 3.8) is 0 Å². The van der Waals surface area contributed by atoms with Gasteiger partial charge in [0.15, 0.2) is 5.96 Å². The normalized spacial score (nSPS) is 10.6. The number of benzene rings is 1. The average Bonchev–Trinajstić information content (AvgIpc) is 2.83. The van der Waals surface area contributed by atoms with Crippen LogP contribution in [-0.4, -0.2) is 29.9 Å². The topological polar surface area (TPSA) is 109 Å².